The molecule has 1 aromatic rings. The Hall–Kier alpha value is -1.36. The largest absolute Gasteiger partial charge is 0.475 e. The van der Waals surface area contributed by atoms with Gasteiger partial charge in [0.05, 0.1) is 6.10 Å². The molecule has 0 radical (unpaired) electrons. The standard InChI is InChI=1S/C13H23N3O2/c1-9(2)18-11-6-10(3)15-12(16-11)14-7-13(4,5)8-17/h6,9,17H,7-8H2,1-5H3,(H,14,15,16). The zero-order valence-corrected chi connectivity index (χ0v) is 11.8. The summed E-state index contributed by atoms with van der Waals surface area (Å²) in [5.74, 6) is 1.11. The highest BCUT2D eigenvalue weighted by Gasteiger charge is 2.16. The molecule has 0 saturated heterocycles. The Balaban J connectivity index is 2.74. The van der Waals surface area contributed by atoms with E-state index in [1.54, 1.807) is 0 Å². The third kappa shape index (κ3) is 4.87. The minimum absolute atomic E-state index is 0.0843. The average Bonchev–Trinajstić information content (AvgIpc) is 2.25. The van der Waals surface area contributed by atoms with Crippen LogP contribution in [-0.4, -0.2) is 34.3 Å². The first-order valence-electron chi connectivity index (χ1n) is 6.19. The summed E-state index contributed by atoms with van der Waals surface area (Å²) in [7, 11) is 0. The van der Waals surface area contributed by atoms with Gasteiger partial charge in [0.15, 0.2) is 0 Å². The Labute approximate surface area is 109 Å². The van der Waals surface area contributed by atoms with Crippen molar-refractivity contribution >= 4 is 5.95 Å². The van der Waals surface area contributed by atoms with Gasteiger partial charge in [0.2, 0.25) is 11.8 Å². The summed E-state index contributed by atoms with van der Waals surface area (Å²) in [6, 6.07) is 1.81. The first-order chi connectivity index (χ1) is 8.32. The fourth-order valence-corrected chi connectivity index (χ4v) is 1.29. The van der Waals surface area contributed by atoms with Gasteiger partial charge in [-0.05, 0) is 20.8 Å². The minimum Gasteiger partial charge on any atom is -0.475 e. The highest BCUT2D eigenvalue weighted by Crippen LogP contribution is 2.17. The quantitative estimate of drug-likeness (QED) is 0.811. The summed E-state index contributed by atoms with van der Waals surface area (Å²) in [6.45, 7) is 10.5. The number of hydrogen-bond acceptors (Lipinski definition) is 5. The van der Waals surface area contributed by atoms with Gasteiger partial charge in [-0.1, -0.05) is 13.8 Å². The van der Waals surface area contributed by atoms with E-state index in [-0.39, 0.29) is 18.1 Å². The first-order valence-corrected chi connectivity index (χ1v) is 6.19. The predicted molar refractivity (Wildman–Crippen MR) is 71.9 cm³/mol. The van der Waals surface area contributed by atoms with Crippen molar-refractivity contribution in [3.05, 3.63) is 11.8 Å². The molecule has 0 aliphatic carbocycles. The maximum absolute atomic E-state index is 9.19. The fraction of sp³-hybridized carbons (Fsp3) is 0.692. The Kier molecular flexibility index (Phi) is 4.90. The van der Waals surface area contributed by atoms with Crippen LogP contribution in [0.15, 0.2) is 6.07 Å². The molecule has 0 amide bonds. The fourth-order valence-electron chi connectivity index (χ4n) is 1.29. The molecule has 1 rings (SSSR count). The van der Waals surface area contributed by atoms with Crippen LogP contribution >= 0.6 is 0 Å². The van der Waals surface area contributed by atoms with Gasteiger partial charge in [0.25, 0.3) is 0 Å². The van der Waals surface area contributed by atoms with E-state index in [9.17, 15) is 5.11 Å². The molecule has 2 N–H and O–H groups in total. The van der Waals surface area contributed by atoms with E-state index < -0.39 is 0 Å². The van der Waals surface area contributed by atoms with Crippen molar-refractivity contribution in [2.45, 2.75) is 40.7 Å². The SMILES string of the molecule is Cc1cc(OC(C)C)nc(NCC(C)(C)CO)n1. The number of nitrogens with zero attached hydrogens (tertiary/aromatic N) is 2. The van der Waals surface area contributed by atoms with Crippen LogP contribution in [0, 0.1) is 12.3 Å². The Morgan fingerprint density at radius 1 is 1.39 bits per heavy atom. The van der Waals surface area contributed by atoms with E-state index in [4.69, 9.17) is 4.74 Å². The number of aliphatic hydroxyl groups is 1. The molecule has 0 fully saturated rings. The van der Waals surface area contributed by atoms with Crippen LogP contribution in [0.5, 0.6) is 5.88 Å². The maximum atomic E-state index is 9.19. The van der Waals surface area contributed by atoms with Crippen molar-refractivity contribution in [1.82, 2.24) is 9.97 Å². The van der Waals surface area contributed by atoms with Crippen LogP contribution in [-0.2, 0) is 0 Å². The number of aromatic nitrogens is 2. The Morgan fingerprint density at radius 2 is 2.06 bits per heavy atom. The van der Waals surface area contributed by atoms with E-state index in [2.05, 4.69) is 15.3 Å². The molecule has 1 aromatic heterocycles. The van der Waals surface area contributed by atoms with Crippen molar-refractivity contribution in [2.75, 3.05) is 18.5 Å². The molecule has 0 bridgehead atoms. The lowest BCUT2D eigenvalue weighted by molar-refractivity contribution is 0.170. The zero-order chi connectivity index (χ0) is 13.8. The lowest BCUT2D eigenvalue weighted by Gasteiger charge is -2.22. The second kappa shape index (κ2) is 6.00. The minimum atomic E-state index is -0.202. The topological polar surface area (TPSA) is 67.3 Å². The van der Waals surface area contributed by atoms with Gasteiger partial charge in [-0.2, -0.15) is 4.98 Å². The summed E-state index contributed by atoms with van der Waals surface area (Å²) in [4.78, 5) is 8.58. The number of ether oxygens (including phenoxy) is 1. The van der Waals surface area contributed by atoms with Crippen LogP contribution in [0.2, 0.25) is 0 Å². The van der Waals surface area contributed by atoms with Crippen LogP contribution in [0.25, 0.3) is 0 Å². The summed E-state index contributed by atoms with van der Waals surface area (Å²) >= 11 is 0. The van der Waals surface area contributed by atoms with E-state index >= 15 is 0 Å². The van der Waals surface area contributed by atoms with Gasteiger partial charge in [0, 0.05) is 30.3 Å². The van der Waals surface area contributed by atoms with Gasteiger partial charge < -0.3 is 15.2 Å². The van der Waals surface area contributed by atoms with E-state index in [0.717, 1.165) is 5.69 Å². The summed E-state index contributed by atoms with van der Waals surface area (Å²) in [5, 5.41) is 12.3. The predicted octanol–water partition coefficient (Wildman–Crippen LogP) is 2.00. The second-order valence-electron chi connectivity index (χ2n) is 5.51. The van der Waals surface area contributed by atoms with Gasteiger partial charge in [-0.15, -0.1) is 0 Å². The molecular weight excluding hydrogens is 230 g/mol. The van der Waals surface area contributed by atoms with Gasteiger partial charge in [-0.25, -0.2) is 4.98 Å². The number of hydrogen-bond donors (Lipinski definition) is 2. The molecule has 1 heterocycles. The molecule has 0 atom stereocenters. The van der Waals surface area contributed by atoms with E-state index in [1.807, 2.05) is 40.7 Å². The van der Waals surface area contributed by atoms with Crippen molar-refractivity contribution in [1.29, 1.82) is 0 Å². The highest BCUT2D eigenvalue weighted by molar-refractivity contribution is 5.30. The van der Waals surface area contributed by atoms with E-state index in [0.29, 0.717) is 18.4 Å². The summed E-state index contributed by atoms with van der Waals surface area (Å²) < 4.78 is 5.55. The Bertz CT molecular complexity index is 392. The maximum Gasteiger partial charge on any atom is 0.226 e. The van der Waals surface area contributed by atoms with Gasteiger partial charge in [-0.3, -0.25) is 0 Å². The summed E-state index contributed by atoms with van der Waals surface area (Å²) in [5.41, 5.74) is 0.650. The van der Waals surface area contributed by atoms with Crippen molar-refractivity contribution < 1.29 is 9.84 Å². The van der Waals surface area contributed by atoms with Crippen LogP contribution in [0.3, 0.4) is 0 Å². The molecule has 5 heteroatoms. The molecule has 5 nitrogen and oxygen atoms in total. The highest BCUT2D eigenvalue weighted by atomic mass is 16.5. The lowest BCUT2D eigenvalue weighted by Crippen LogP contribution is -2.27. The monoisotopic (exact) mass is 253 g/mol. The van der Waals surface area contributed by atoms with Gasteiger partial charge in [0.1, 0.15) is 0 Å². The first kappa shape index (κ1) is 14.7. The molecule has 102 valence electrons. The molecule has 0 aromatic carbocycles. The number of rotatable bonds is 6. The number of anilines is 1. The second-order valence-corrected chi connectivity index (χ2v) is 5.51. The number of aliphatic hydroxyl groups excluding tert-OH is 1. The molecule has 0 aliphatic rings. The van der Waals surface area contributed by atoms with Crippen LogP contribution in [0.1, 0.15) is 33.4 Å². The van der Waals surface area contributed by atoms with E-state index in [1.165, 1.54) is 0 Å². The normalized spacial score (nSPS) is 11.7. The molecule has 0 unspecified atom stereocenters. The van der Waals surface area contributed by atoms with Crippen LogP contribution in [0.4, 0.5) is 5.95 Å². The molecule has 18 heavy (non-hydrogen) atoms. The number of nitrogens with one attached hydrogen (secondary N) is 1. The molecule has 0 aliphatic heterocycles. The van der Waals surface area contributed by atoms with Crippen molar-refractivity contribution in [3.8, 4) is 5.88 Å². The third-order valence-corrected chi connectivity index (χ3v) is 2.34. The molecular formula is C13H23N3O2. The Morgan fingerprint density at radius 3 is 2.61 bits per heavy atom. The lowest BCUT2D eigenvalue weighted by atomic mass is 9.95. The average molecular weight is 253 g/mol. The molecule has 0 spiro atoms. The molecule has 0 saturated carbocycles. The smallest absolute Gasteiger partial charge is 0.226 e. The zero-order valence-electron chi connectivity index (χ0n) is 11.8. The third-order valence-electron chi connectivity index (χ3n) is 2.34. The summed E-state index contributed by atoms with van der Waals surface area (Å²) in [6.07, 6.45) is 0.0843. The van der Waals surface area contributed by atoms with Crippen molar-refractivity contribution in [2.24, 2.45) is 5.41 Å². The van der Waals surface area contributed by atoms with Crippen LogP contribution < -0.4 is 10.1 Å². The van der Waals surface area contributed by atoms with Crippen molar-refractivity contribution in [3.63, 3.8) is 0 Å². The van der Waals surface area contributed by atoms with Gasteiger partial charge >= 0.3 is 0 Å². The number of aryl methyl sites for hydroxylation is 1.